The van der Waals surface area contributed by atoms with Gasteiger partial charge in [0.15, 0.2) is 17.5 Å². The summed E-state index contributed by atoms with van der Waals surface area (Å²) in [6.45, 7) is 0. The van der Waals surface area contributed by atoms with Gasteiger partial charge in [-0.2, -0.15) is 0 Å². The molecule has 8 aromatic carbocycles. The minimum Gasteiger partial charge on any atom is -0.308 e. The summed E-state index contributed by atoms with van der Waals surface area (Å²) in [7, 11) is 0. The summed E-state index contributed by atoms with van der Waals surface area (Å²) >= 11 is 1.87. The van der Waals surface area contributed by atoms with Gasteiger partial charge in [-0.05, 0) is 83.0 Å². The Hall–Kier alpha value is -8.25. The van der Waals surface area contributed by atoms with Gasteiger partial charge in [0.1, 0.15) is 0 Å². The zero-order chi connectivity index (χ0) is 45.0. The molecule has 0 bridgehead atoms. The van der Waals surface area contributed by atoms with Gasteiger partial charge < -0.3 is 4.57 Å². The molecule has 0 radical (unpaired) electrons. The van der Waals surface area contributed by atoms with E-state index < -0.39 is 0 Å². The van der Waals surface area contributed by atoms with Crippen LogP contribution in [0.5, 0.6) is 0 Å². The molecule has 5 heteroatoms. The fraction of sp³-hybridized carbons (Fsp3) is 0.0635. The van der Waals surface area contributed by atoms with Crippen molar-refractivity contribution in [3.8, 4) is 51.0 Å². The van der Waals surface area contributed by atoms with E-state index in [1.54, 1.807) is 0 Å². The van der Waals surface area contributed by atoms with E-state index in [1.165, 1.54) is 75.5 Å². The first-order valence-electron chi connectivity index (χ1n) is 23.5. The highest BCUT2D eigenvalue weighted by atomic mass is 32.1. The standard InChI is InChI=1S/C63H44N4S/c1-5-17-41(18-6-1)43-29-33-45(34-30-43)53-39-49(63-65-61(47-21-9-3-10-22-47)64-62(66-63)48-23-11-4-12-24-48)40-54(46-35-31-44(32-36-46)42-19-7-2-8-20-42)59(53)67-55-27-15-13-25-50(55)51-37-38-57-58(60(51)67)52-26-14-16-28-56(52)68-57/h1,3-7,9-33,35-40,45H,2,8,34H2. The van der Waals surface area contributed by atoms with Gasteiger partial charge in [0, 0.05) is 59.1 Å². The Kier molecular flexibility index (Phi) is 9.94. The highest BCUT2D eigenvalue weighted by molar-refractivity contribution is 7.26. The fourth-order valence-corrected chi connectivity index (χ4v) is 11.4. The lowest BCUT2D eigenvalue weighted by atomic mass is 9.84. The van der Waals surface area contributed by atoms with Gasteiger partial charge in [0.05, 0.1) is 16.7 Å². The van der Waals surface area contributed by atoms with Crippen LogP contribution in [0.1, 0.15) is 41.9 Å². The van der Waals surface area contributed by atoms with Gasteiger partial charge in [-0.15, -0.1) is 11.3 Å². The number of para-hydroxylation sites is 1. The molecule has 3 heterocycles. The summed E-state index contributed by atoms with van der Waals surface area (Å²) in [5.74, 6) is 1.95. The largest absolute Gasteiger partial charge is 0.308 e. The van der Waals surface area contributed by atoms with Crippen LogP contribution in [0.4, 0.5) is 0 Å². The second-order valence-corrected chi connectivity index (χ2v) is 18.8. The molecule has 68 heavy (non-hydrogen) atoms. The van der Waals surface area contributed by atoms with Crippen molar-refractivity contribution in [1.82, 2.24) is 19.5 Å². The Balaban J connectivity index is 1.14. The van der Waals surface area contributed by atoms with Crippen molar-refractivity contribution < 1.29 is 0 Å². The molecule has 11 aromatic rings. The summed E-state index contributed by atoms with van der Waals surface area (Å²) in [6, 6.07) is 67.7. The van der Waals surface area contributed by atoms with Crippen LogP contribution in [0.2, 0.25) is 0 Å². The summed E-state index contributed by atoms with van der Waals surface area (Å²) in [5, 5.41) is 5.04. The first-order chi connectivity index (χ1) is 33.7. The zero-order valence-corrected chi connectivity index (χ0v) is 38.1. The Morgan fingerprint density at radius 3 is 1.74 bits per heavy atom. The van der Waals surface area contributed by atoms with Gasteiger partial charge in [0.2, 0.25) is 0 Å². The van der Waals surface area contributed by atoms with E-state index in [9.17, 15) is 0 Å². The number of hydrogen-bond donors (Lipinski definition) is 0. The molecule has 0 fully saturated rings. The number of hydrogen-bond acceptors (Lipinski definition) is 4. The lowest BCUT2D eigenvalue weighted by molar-refractivity contribution is 0.846. The van der Waals surface area contributed by atoms with Crippen LogP contribution >= 0.6 is 11.3 Å². The van der Waals surface area contributed by atoms with Gasteiger partial charge in [-0.25, -0.2) is 15.0 Å². The molecule has 1 unspecified atom stereocenters. The molecule has 0 N–H and O–H groups in total. The van der Waals surface area contributed by atoms with Gasteiger partial charge in [-0.3, -0.25) is 0 Å². The normalized spacial score (nSPS) is 14.8. The Labute approximate surface area is 399 Å². The number of rotatable bonds is 8. The quantitative estimate of drug-likeness (QED) is 0.153. The van der Waals surface area contributed by atoms with E-state index in [4.69, 9.17) is 15.0 Å². The van der Waals surface area contributed by atoms with E-state index in [0.29, 0.717) is 17.5 Å². The first kappa shape index (κ1) is 40.1. The van der Waals surface area contributed by atoms with Crippen LogP contribution in [0.3, 0.4) is 0 Å². The molecule has 0 amide bonds. The number of aromatic nitrogens is 4. The number of allylic oxidation sites excluding steroid dienone is 8. The van der Waals surface area contributed by atoms with E-state index in [2.05, 4.69) is 193 Å². The SMILES string of the molecule is C1=CC(c2ccc(-c3cc(-c4nc(-c5ccccc5)nc(-c5ccccc5)n4)cc(C4C=CC(c5ccccc5)=CC4)c3-n3c4ccccc4c4ccc5sc6ccccc6c5c43)cc2)=CCC1. The third-order valence-electron chi connectivity index (χ3n) is 13.6. The van der Waals surface area contributed by atoms with Crippen LogP contribution < -0.4 is 0 Å². The Morgan fingerprint density at radius 1 is 0.456 bits per heavy atom. The Morgan fingerprint density at radius 2 is 1.06 bits per heavy atom. The average Bonchev–Trinajstić information content (AvgIpc) is 3.97. The smallest absolute Gasteiger partial charge is 0.164 e. The third kappa shape index (κ3) is 7.02. The van der Waals surface area contributed by atoms with Crippen molar-refractivity contribution in [3.63, 3.8) is 0 Å². The second-order valence-electron chi connectivity index (χ2n) is 17.7. The molecule has 4 nitrogen and oxygen atoms in total. The maximum absolute atomic E-state index is 5.34. The molecule has 2 aliphatic rings. The minimum atomic E-state index is 0.0339. The number of fused-ring (bicyclic) bond motifs is 7. The molecule has 2 aliphatic carbocycles. The predicted molar refractivity (Wildman–Crippen MR) is 286 cm³/mol. The van der Waals surface area contributed by atoms with E-state index in [1.807, 2.05) is 47.7 Å². The first-order valence-corrected chi connectivity index (χ1v) is 24.3. The van der Waals surface area contributed by atoms with Crippen LogP contribution in [0.15, 0.2) is 225 Å². The maximum Gasteiger partial charge on any atom is 0.164 e. The van der Waals surface area contributed by atoms with Crippen LogP contribution in [0, 0.1) is 0 Å². The van der Waals surface area contributed by atoms with Gasteiger partial charge >= 0.3 is 0 Å². The summed E-state index contributed by atoms with van der Waals surface area (Å²) in [5.41, 5.74) is 14.8. The topological polar surface area (TPSA) is 43.6 Å². The van der Waals surface area contributed by atoms with Crippen molar-refractivity contribution >= 4 is 64.5 Å². The van der Waals surface area contributed by atoms with Crippen molar-refractivity contribution in [2.45, 2.75) is 25.2 Å². The fourth-order valence-electron chi connectivity index (χ4n) is 10.3. The number of thiophene rings is 1. The highest BCUT2D eigenvalue weighted by Gasteiger charge is 2.27. The van der Waals surface area contributed by atoms with Crippen molar-refractivity contribution in [2.75, 3.05) is 0 Å². The number of nitrogens with zero attached hydrogens (tertiary/aromatic N) is 4. The summed E-state index contributed by atoms with van der Waals surface area (Å²) in [4.78, 5) is 15.8. The van der Waals surface area contributed by atoms with Crippen LogP contribution in [0.25, 0.3) is 104 Å². The average molecular weight is 889 g/mol. The van der Waals surface area contributed by atoms with E-state index in [-0.39, 0.29) is 5.92 Å². The van der Waals surface area contributed by atoms with E-state index >= 15 is 0 Å². The summed E-state index contributed by atoms with van der Waals surface area (Å²) in [6.07, 6.45) is 17.0. The molecule has 0 aliphatic heterocycles. The highest BCUT2D eigenvalue weighted by Crippen LogP contribution is 2.48. The molecular formula is C63H44N4S. The molecule has 0 spiro atoms. The third-order valence-corrected chi connectivity index (χ3v) is 14.8. The van der Waals surface area contributed by atoms with Crippen molar-refractivity contribution in [1.29, 1.82) is 0 Å². The lowest BCUT2D eigenvalue weighted by Crippen LogP contribution is -2.09. The summed E-state index contributed by atoms with van der Waals surface area (Å²) < 4.78 is 5.17. The molecule has 0 saturated heterocycles. The van der Waals surface area contributed by atoms with E-state index in [0.717, 1.165) is 47.1 Å². The molecular weight excluding hydrogens is 845 g/mol. The van der Waals surface area contributed by atoms with Crippen LogP contribution in [-0.4, -0.2) is 19.5 Å². The molecule has 1 atom stereocenters. The maximum atomic E-state index is 5.34. The molecule has 13 rings (SSSR count). The zero-order valence-electron chi connectivity index (χ0n) is 37.3. The van der Waals surface area contributed by atoms with Crippen molar-refractivity contribution in [3.05, 3.63) is 241 Å². The number of benzene rings is 8. The second kappa shape index (κ2) is 16.9. The molecule has 0 saturated carbocycles. The van der Waals surface area contributed by atoms with Gasteiger partial charge in [-0.1, -0.05) is 194 Å². The monoisotopic (exact) mass is 888 g/mol. The predicted octanol–water partition coefficient (Wildman–Crippen LogP) is 16.9. The van der Waals surface area contributed by atoms with Crippen LogP contribution in [-0.2, 0) is 0 Å². The molecule has 322 valence electrons. The van der Waals surface area contributed by atoms with Crippen molar-refractivity contribution in [2.24, 2.45) is 0 Å². The minimum absolute atomic E-state index is 0.0339. The Bertz CT molecular complexity index is 3800. The lowest BCUT2D eigenvalue weighted by Gasteiger charge is -2.26. The van der Waals surface area contributed by atoms with Gasteiger partial charge in [0.25, 0.3) is 0 Å². The molecule has 3 aromatic heterocycles.